The number of nitrogens with one attached hydrogen (secondary N) is 1. The Morgan fingerprint density at radius 1 is 1.09 bits per heavy atom. The van der Waals surface area contributed by atoms with Gasteiger partial charge in [-0.05, 0) is 75.3 Å². The number of halogens is 3. The van der Waals surface area contributed by atoms with Crippen molar-refractivity contribution in [3.63, 3.8) is 0 Å². The van der Waals surface area contributed by atoms with Gasteiger partial charge < -0.3 is 5.32 Å². The maximum atomic E-state index is 13.6. The van der Waals surface area contributed by atoms with Crippen LogP contribution in [-0.2, 0) is 4.79 Å². The number of amides is 1. The maximum absolute atomic E-state index is 13.6. The first-order chi connectivity index (χ1) is 15.9. The Kier molecular flexibility index (Phi) is 7.90. The van der Waals surface area contributed by atoms with Crippen LogP contribution in [-0.4, -0.2) is 44.4 Å². The molecular formula is C23H24Cl2FN5OS. The first-order valence-electron chi connectivity index (χ1n) is 10.7. The van der Waals surface area contributed by atoms with E-state index in [2.05, 4.69) is 27.3 Å². The van der Waals surface area contributed by atoms with E-state index in [-0.39, 0.29) is 23.5 Å². The van der Waals surface area contributed by atoms with Gasteiger partial charge in [0, 0.05) is 21.4 Å². The quantitative estimate of drug-likeness (QED) is 0.397. The second-order valence-electron chi connectivity index (χ2n) is 7.92. The van der Waals surface area contributed by atoms with Crippen molar-refractivity contribution in [2.75, 3.05) is 24.2 Å². The zero-order chi connectivity index (χ0) is 23.4. The van der Waals surface area contributed by atoms with Gasteiger partial charge in [0.15, 0.2) is 11.0 Å². The van der Waals surface area contributed by atoms with E-state index >= 15 is 0 Å². The number of benzene rings is 2. The van der Waals surface area contributed by atoms with Crippen molar-refractivity contribution >= 4 is 46.6 Å². The fourth-order valence-corrected chi connectivity index (χ4v) is 5.19. The van der Waals surface area contributed by atoms with Crippen LogP contribution in [0.5, 0.6) is 0 Å². The zero-order valence-electron chi connectivity index (χ0n) is 18.1. The number of hydrogen-bond acceptors (Lipinski definition) is 5. The van der Waals surface area contributed by atoms with Crippen molar-refractivity contribution in [2.24, 2.45) is 0 Å². The van der Waals surface area contributed by atoms with Crippen molar-refractivity contribution < 1.29 is 9.18 Å². The molecule has 1 fully saturated rings. The van der Waals surface area contributed by atoms with Crippen LogP contribution in [0.25, 0.3) is 5.69 Å². The average Bonchev–Trinajstić information content (AvgIpc) is 3.21. The second kappa shape index (κ2) is 10.9. The van der Waals surface area contributed by atoms with Gasteiger partial charge in [0.1, 0.15) is 5.82 Å². The minimum Gasteiger partial charge on any atom is -0.325 e. The van der Waals surface area contributed by atoms with Crippen molar-refractivity contribution in [3.8, 4) is 5.69 Å². The van der Waals surface area contributed by atoms with E-state index in [1.807, 2.05) is 4.57 Å². The van der Waals surface area contributed by atoms with Crippen molar-refractivity contribution in [1.82, 2.24) is 19.7 Å². The minimum atomic E-state index is -0.314. The summed E-state index contributed by atoms with van der Waals surface area (Å²) in [6.45, 7) is 4.12. The molecule has 1 aliphatic rings. The predicted molar refractivity (Wildman–Crippen MR) is 131 cm³/mol. The Labute approximate surface area is 206 Å². The molecule has 174 valence electrons. The van der Waals surface area contributed by atoms with Crippen molar-refractivity contribution in [1.29, 1.82) is 0 Å². The van der Waals surface area contributed by atoms with Gasteiger partial charge in [0.05, 0.1) is 11.8 Å². The van der Waals surface area contributed by atoms with Gasteiger partial charge in [-0.1, -0.05) is 41.4 Å². The number of aromatic nitrogens is 3. The van der Waals surface area contributed by atoms with Gasteiger partial charge >= 0.3 is 0 Å². The SMILES string of the molecule is CC(c1nnc(SCC(=O)Nc2cc(Cl)cc(Cl)c2)n1-c1ccc(F)cc1)N1CCCCC1. The first kappa shape index (κ1) is 24.0. The van der Waals surface area contributed by atoms with Gasteiger partial charge in [-0.15, -0.1) is 10.2 Å². The van der Waals surface area contributed by atoms with Crippen LogP contribution in [0.3, 0.4) is 0 Å². The Hall–Kier alpha value is -2.13. The molecule has 1 saturated heterocycles. The number of anilines is 1. The Bertz CT molecular complexity index is 1100. The summed E-state index contributed by atoms with van der Waals surface area (Å²) < 4.78 is 15.5. The minimum absolute atomic E-state index is 0.0413. The van der Waals surface area contributed by atoms with Crippen LogP contribution in [0.15, 0.2) is 47.6 Å². The molecule has 2 heterocycles. The molecule has 0 radical (unpaired) electrons. The van der Waals surface area contributed by atoms with E-state index in [0.29, 0.717) is 20.9 Å². The van der Waals surface area contributed by atoms with Crippen LogP contribution in [0.2, 0.25) is 10.0 Å². The van der Waals surface area contributed by atoms with Crippen LogP contribution in [0.1, 0.15) is 38.1 Å². The molecule has 3 aromatic rings. The normalized spacial score (nSPS) is 15.4. The average molecular weight is 508 g/mol. The molecule has 1 aliphatic heterocycles. The summed E-state index contributed by atoms with van der Waals surface area (Å²) in [4.78, 5) is 14.9. The molecule has 0 spiro atoms. The summed E-state index contributed by atoms with van der Waals surface area (Å²) in [5.74, 6) is 0.346. The number of rotatable bonds is 7. The Morgan fingerprint density at radius 2 is 1.76 bits per heavy atom. The third-order valence-electron chi connectivity index (χ3n) is 5.53. The topological polar surface area (TPSA) is 63.1 Å². The molecule has 6 nitrogen and oxygen atoms in total. The van der Waals surface area contributed by atoms with Crippen LogP contribution >= 0.6 is 35.0 Å². The summed E-state index contributed by atoms with van der Waals surface area (Å²) in [5, 5.41) is 13.1. The Balaban J connectivity index is 1.55. The summed E-state index contributed by atoms with van der Waals surface area (Å²) in [6.07, 6.45) is 3.55. The van der Waals surface area contributed by atoms with Gasteiger partial charge in [-0.25, -0.2) is 4.39 Å². The molecule has 2 aromatic carbocycles. The number of carbonyl (C=O) groups excluding carboxylic acids is 1. The lowest BCUT2D eigenvalue weighted by Crippen LogP contribution is -2.33. The highest BCUT2D eigenvalue weighted by Crippen LogP contribution is 2.30. The van der Waals surface area contributed by atoms with E-state index in [9.17, 15) is 9.18 Å². The smallest absolute Gasteiger partial charge is 0.234 e. The number of carbonyl (C=O) groups is 1. The van der Waals surface area contributed by atoms with Crippen LogP contribution in [0.4, 0.5) is 10.1 Å². The number of hydrogen-bond donors (Lipinski definition) is 1. The van der Waals surface area contributed by atoms with Gasteiger partial charge in [0.25, 0.3) is 0 Å². The maximum Gasteiger partial charge on any atom is 0.234 e. The number of likely N-dealkylation sites (tertiary alicyclic amines) is 1. The van der Waals surface area contributed by atoms with Crippen LogP contribution in [0, 0.1) is 5.82 Å². The lowest BCUT2D eigenvalue weighted by Gasteiger charge is -2.31. The van der Waals surface area contributed by atoms with Crippen molar-refractivity contribution in [2.45, 2.75) is 37.4 Å². The van der Waals surface area contributed by atoms with E-state index in [1.165, 1.54) is 30.3 Å². The molecule has 1 N–H and O–H groups in total. The summed E-state index contributed by atoms with van der Waals surface area (Å²) in [5.41, 5.74) is 1.28. The fourth-order valence-electron chi connectivity index (χ4n) is 3.90. The summed E-state index contributed by atoms with van der Waals surface area (Å²) in [6, 6.07) is 11.1. The van der Waals surface area contributed by atoms with Gasteiger partial charge in [-0.3, -0.25) is 14.3 Å². The second-order valence-corrected chi connectivity index (χ2v) is 9.74. The number of thioether (sulfide) groups is 1. The molecule has 0 bridgehead atoms. The standard InChI is InChI=1S/C23H24Cl2FN5OS/c1-15(30-9-3-2-4-10-30)22-28-29-23(31(22)20-7-5-18(26)6-8-20)33-14-21(32)27-19-12-16(24)11-17(25)13-19/h5-8,11-13,15H,2-4,9-10,14H2,1H3,(H,27,32). The largest absolute Gasteiger partial charge is 0.325 e. The molecule has 10 heteroatoms. The molecule has 0 saturated carbocycles. The molecule has 1 amide bonds. The molecule has 1 atom stereocenters. The molecule has 1 unspecified atom stereocenters. The van der Waals surface area contributed by atoms with E-state index in [4.69, 9.17) is 23.2 Å². The lowest BCUT2D eigenvalue weighted by atomic mass is 10.1. The highest BCUT2D eigenvalue weighted by atomic mass is 35.5. The molecule has 1 aromatic heterocycles. The first-order valence-corrected chi connectivity index (χ1v) is 12.5. The Morgan fingerprint density at radius 3 is 2.42 bits per heavy atom. The third-order valence-corrected chi connectivity index (χ3v) is 6.90. The fraction of sp³-hybridized carbons (Fsp3) is 0.348. The molecule has 0 aliphatic carbocycles. The molecule has 4 rings (SSSR count). The number of nitrogens with zero attached hydrogens (tertiary/aromatic N) is 4. The lowest BCUT2D eigenvalue weighted by molar-refractivity contribution is -0.113. The van der Waals surface area contributed by atoms with E-state index < -0.39 is 0 Å². The van der Waals surface area contributed by atoms with Gasteiger partial charge in [-0.2, -0.15) is 0 Å². The van der Waals surface area contributed by atoms with E-state index in [1.54, 1.807) is 30.3 Å². The predicted octanol–water partition coefficient (Wildman–Crippen LogP) is 5.99. The van der Waals surface area contributed by atoms with Gasteiger partial charge in [0.2, 0.25) is 5.91 Å². The zero-order valence-corrected chi connectivity index (χ0v) is 20.4. The third kappa shape index (κ3) is 6.06. The summed E-state index contributed by atoms with van der Waals surface area (Å²) >= 11 is 13.3. The molecular weight excluding hydrogens is 484 g/mol. The highest BCUT2D eigenvalue weighted by Gasteiger charge is 2.26. The highest BCUT2D eigenvalue weighted by molar-refractivity contribution is 7.99. The monoisotopic (exact) mass is 507 g/mol. The number of piperidine rings is 1. The van der Waals surface area contributed by atoms with Crippen molar-refractivity contribution in [3.05, 3.63) is 64.2 Å². The summed E-state index contributed by atoms with van der Waals surface area (Å²) in [7, 11) is 0. The molecule has 33 heavy (non-hydrogen) atoms. The van der Waals surface area contributed by atoms with Crippen LogP contribution < -0.4 is 5.32 Å². The van der Waals surface area contributed by atoms with E-state index in [0.717, 1.165) is 37.4 Å².